The van der Waals surface area contributed by atoms with E-state index in [0.717, 1.165) is 10.6 Å². The Kier molecular flexibility index (Phi) is 8.08. The minimum atomic E-state index is -1.07. The van der Waals surface area contributed by atoms with Gasteiger partial charge in [-0.1, -0.05) is 0 Å². The van der Waals surface area contributed by atoms with E-state index in [1.54, 1.807) is 6.07 Å². The number of carboxylic acids is 1. The highest BCUT2D eigenvalue weighted by Crippen LogP contribution is 2.37. The number of rotatable bonds is 11. The number of carboxylic acid groups (broad SMARTS) is 1. The fraction of sp³-hybridized carbons (Fsp3) is 0.333. The third-order valence-corrected chi connectivity index (χ3v) is 5.54. The highest BCUT2D eigenvalue weighted by atomic mass is 32.1. The maximum atomic E-state index is 11.8. The summed E-state index contributed by atoms with van der Waals surface area (Å²) in [5.74, 6) is 0.597. The van der Waals surface area contributed by atoms with Crippen molar-refractivity contribution in [2.75, 3.05) is 26.9 Å². The maximum Gasteiger partial charge on any atom is 0.339 e. The summed E-state index contributed by atoms with van der Waals surface area (Å²) < 4.78 is 22.2. The van der Waals surface area contributed by atoms with Crippen LogP contribution >= 0.6 is 11.3 Å². The van der Waals surface area contributed by atoms with Crippen LogP contribution in [0.25, 0.3) is 21.8 Å². The molecule has 1 heterocycles. The molecular formula is C24H27NO6S. The highest BCUT2D eigenvalue weighted by Gasteiger charge is 2.19. The molecule has 1 N–H and O–H groups in total. The summed E-state index contributed by atoms with van der Waals surface area (Å²) in [4.78, 5) is 16.6. The quantitative estimate of drug-likeness (QED) is 0.406. The first-order valence-corrected chi connectivity index (χ1v) is 11.3. The molecule has 3 rings (SSSR count). The summed E-state index contributed by atoms with van der Waals surface area (Å²) in [6.07, 6.45) is 0. The molecule has 2 aromatic carbocycles. The zero-order valence-electron chi connectivity index (χ0n) is 18.6. The van der Waals surface area contributed by atoms with Crippen LogP contribution in [-0.2, 0) is 11.3 Å². The van der Waals surface area contributed by atoms with Crippen LogP contribution in [0, 0.1) is 0 Å². The van der Waals surface area contributed by atoms with Gasteiger partial charge in [-0.3, -0.25) is 0 Å². The standard InChI is InChI=1S/C24H27NO6S/c1-5-29-13-17-10-16(11-18(24(26)27)22(17)28-4)19-14-32-23(25-19)15-8-9-20(30-6-2)21(12-15)31-7-3/h8-12,14H,5-7,13H2,1-4H3,(H,26,27). The van der Waals surface area contributed by atoms with Gasteiger partial charge in [-0.05, 0) is 51.1 Å². The minimum absolute atomic E-state index is 0.0777. The Morgan fingerprint density at radius 1 is 1.00 bits per heavy atom. The van der Waals surface area contributed by atoms with Crippen LogP contribution in [-0.4, -0.2) is 43.0 Å². The van der Waals surface area contributed by atoms with Gasteiger partial charge < -0.3 is 24.1 Å². The van der Waals surface area contributed by atoms with Crippen molar-refractivity contribution in [1.29, 1.82) is 0 Å². The zero-order chi connectivity index (χ0) is 23.1. The molecule has 0 saturated carbocycles. The second-order valence-electron chi connectivity index (χ2n) is 6.72. The van der Waals surface area contributed by atoms with Crippen molar-refractivity contribution in [2.45, 2.75) is 27.4 Å². The lowest BCUT2D eigenvalue weighted by Gasteiger charge is -2.13. The third kappa shape index (κ3) is 5.20. The van der Waals surface area contributed by atoms with Crippen LogP contribution in [0.2, 0.25) is 0 Å². The molecule has 7 nitrogen and oxygen atoms in total. The number of benzene rings is 2. The number of thiazole rings is 1. The topological polar surface area (TPSA) is 87.1 Å². The van der Waals surface area contributed by atoms with Gasteiger partial charge in [-0.25, -0.2) is 9.78 Å². The molecular weight excluding hydrogens is 430 g/mol. The summed E-state index contributed by atoms with van der Waals surface area (Å²) in [5, 5.41) is 12.4. The van der Waals surface area contributed by atoms with Crippen LogP contribution in [0.15, 0.2) is 35.7 Å². The van der Waals surface area contributed by atoms with E-state index in [1.807, 2.05) is 50.4 Å². The van der Waals surface area contributed by atoms with Gasteiger partial charge in [0.15, 0.2) is 11.5 Å². The Balaban J connectivity index is 2.01. The second kappa shape index (κ2) is 11.0. The van der Waals surface area contributed by atoms with Crippen molar-refractivity contribution < 1.29 is 28.8 Å². The smallest absolute Gasteiger partial charge is 0.339 e. The van der Waals surface area contributed by atoms with Gasteiger partial charge >= 0.3 is 5.97 Å². The summed E-state index contributed by atoms with van der Waals surface area (Å²) in [5.41, 5.74) is 3.01. The Labute approximate surface area is 191 Å². The number of carbonyl (C=O) groups is 1. The Morgan fingerprint density at radius 3 is 2.41 bits per heavy atom. The predicted molar refractivity (Wildman–Crippen MR) is 124 cm³/mol. The molecule has 8 heteroatoms. The van der Waals surface area contributed by atoms with Gasteiger partial charge in [0.25, 0.3) is 0 Å². The normalized spacial score (nSPS) is 10.8. The van der Waals surface area contributed by atoms with Crippen molar-refractivity contribution in [3.8, 4) is 39.1 Å². The van der Waals surface area contributed by atoms with Crippen molar-refractivity contribution in [3.63, 3.8) is 0 Å². The van der Waals surface area contributed by atoms with Gasteiger partial charge in [0, 0.05) is 28.7 Å². The SMILES string of the molecule is CCOCc1cc(-c2csc(-c3ccc(OCC)c(OCC)c3)n2)cc(C(=O)O)c1OC. The van der Waals surface area contributed by atoms with Crippen molar-refractivity contribution in [3.05, 3.63) is 46.8 Å². The fourth-order valence-corrected chi connectivity index (χ4v) is 4.11. The number of methoxy groups -OCH3 is 1. The average molecular weight is 458 g/mol. The maximum absolute atomic E-state index is 11.8. The molecule has 170 valence electrons. The molecule has 0 bridgehead atoms. The lowest BCUT2D eigenvalue weighted by molar-refractivity contribution is 0.0692. The highest BCUT2D eigenvalue weighted by molar-refractivity contribution is 7.13. The van der Waals surface area contributed by atoms with E-state index in [4.69, 9.17) is 23.9 Å². The zero-order valence-corrected chi connectivity index (χ0v) is 19.5. The largest absolute Gasteiger partial charge is 0.495 e. The van der Waals surface area contributed by atoms with Crippen LogP contribution in [0.3, 0.4) is 0 Å². The molecule has 32 heavy (non-hydrogen) atoms. The lowest BCUT2D eigenvalue weighted by Crippen LogP contribution is -2.05. The van der Waals surface area contributed by atoms with Gasteiger partial charge in [0.1, 0.15) is 16.3 Å². The first kappa shape index (κ1) is 23.6. The molecule has 3 aromatic rings. The van der Waals surface area contributed by atoms with Gasteiger partial charge in [-0.15, -0.1) is 11.3 Å². The molecule has 0 unspecified atom stereocenters. The number of hydrogen-bond acceptors (Lipinski definition) is 7. The molecule has 0 aliphatic carbocycles. The van der Waals surface area contributed by atoms with Gasteiger partial charge in [-0.2, -0.15) is 0 Å². The number of aromatic carboxylic acids is 1. The molecule has 0 saturated heterocycles. The molecule has 0 spiro atoms. The summed E-state index contributed by atoms with van der Waals surface area (Å²) in [6.45, 7) is 7.57. The average Bonchev–Trinajstić information content (AvgIpc) is 3.28. The van der Waals surface area contributed by atoms with Gasteiger partial charge in [0.05, 0.1) is 32.6 Å². The Morgan fingerprint density at radius 2 is 1.75 bits per heavy atom. The van der Waals surface area contributed by atoms with Crippen molar-refractivity contribution in [1.82, 2.24) is 4.98 Å². The predicted octanol–water partition coefficient (Wildman–Crippen LogP) is 5.52. The summed E-state index contributed by atoms with van der Waals surface area (Å²) >= 11 is 1.47. The van der Waals surface area contributed by atoms with Crippen LogP contribution in [0.1, 0.15) is 36.7 Å². The molecule has 0 atom stereocenters. The Bertz CT molecular complexity index is 1080. The van der Waals surface area contributed by atoms with E-state index in [-0.39, 0.29) is 12.2 Å². The molecule has 1 aromatic heterocycles. The first-order valence-electron chi connectivity index (χ1n) is 10.4. The van der Waals surface area contributed by atoms with E-state index < -0.39 is 5.97 Å². The molecule has 0 fully saturated rings. The number of nitrogens with zero attached hydrogens (tertiary/aromatic N) is 1. The number of ether oxygens (including phenoxy) is 4. The minimum Gasteiger partial charge on any atom is -0.495 e. The van der Waals surface area contributed by atoms with E-state index in [0.29, 0.717) is 53.9 Å². The van der Waals surface area contributed by atoms with E-state index in [9.17, 15) is 9.90 Å². The van der Waals surface area contributed by atoms with Gasteiger partial charge in [0.2, 0.25) is 0 Å². The van der Waals surface area contributed by atoms with E-state index >= 15 is 0 Å². The van der Waals surface area contributed by atoms with Crippen LogP contribution in [0.4, 0.5) is 0 Å². The lowest BCUT2D eigenvalue weighted by atomic mass is 10.0. The molecule has 0 radical (unpaired) electrons. The van der Waals surface area contributed by atoms with Crippen LogP contribution < -0.4 is 14.2 Å². The van der Waals surface area contributed by atoms with Crippen molar-refractivity contribution in [2.24, 2.45) is 0 Å². The van der Waals surface area contributed by atoms with Crippen LogP contribution in [0.5, 0.6) is 17.2 Å². The molecule has 0 aliphatic rings. The number of hydrogen-bond donors (Lipinski definition) is 1. The van der Waals surface area contributed by atoms with E-state index in [1.165, 1.54) is 18.4 Å². The third-order valence-electron chi connectivity index (χ3n) is 4.65. The second-order valence-corrected chi connectivity index (χ2v) is 7.58. The summed E-state index contributed by atoms with van der Waals surface area (Å²) in [7, 11) is 1.46. The first-order chi connectivity index (χ1) is 15.5. The van der Waals surface area contributed by atoms with Crippen molar-refractivity contribution >= 4 is 17.3 Å². The molecule has 0 amide bonds. The number of aromatic nitrogens is 1. The summed E-state index contributed by atoms with van der Waals surface area (Å²) in [6, 6.07) is 9.17. The monoisotopic (exact) mass is 457 g/mol. The van der Waals surface area contributed by atoms with E-state index in [2.05, 4.69) is 0 Å². The molecule has 0 aliphatic heterocycles. The fourth-order valence-electron chi connectivity index (χ4n) is 3.28. The Hall–Kier alpha value is -3.10.